The summed E-state index contributed by atoms with van der Waals surface area (Å²) >= 11 is 1.59. The van der Waals surface area contributed by atoms with Crippen LogP contribution in [0.2, 0.25) is 0 Å². The van der Waals surface area contributed by atoms with E-state index in [9.17, 15) is 4.79 Å². The van der Waals surface area contributed by atoms with Crippen LogP contribution in [0, 0.1) is 0 Å². The second-order valence-electron chi connectivity index (χ2n) is 5.77. The molecule has 0 bridgehead atoms. The summed E-state index contributed by atoms with van der Waals surface area (Å²) < 4.78 is 0. The van der Waals surface area contributed by atoms with Crippen LogP contribution < -0.4 is 5.43 Å². The summed E-state index contributed by atoms with van der Waals surface area (Å²) in [6, 6.07) is 24.5. The number of carbonyl (C=O) groups is 1. The average molecular weight is 348 g/mol. The topological polar surface area (TPSA) is 41.5 Å². The van der Waals surface area contributed by atoms with Gasteiger partial charge in [-0.2, -0.15) is 5.10 Å². The fraction of sp³-hybridized carbons (Fsp3) is 0.143. The first kappa shape index (κ1) is 17.2. The number of benzene rings is 3. The lowest BCUT2D eigenvalue weighted by molar-refractivity contribution is -0.118. The second kappa shape index (κ2) is 8.49. The van der Waals surface area contributed by atoms with Crippen molar-refractivity contribution in [2.24, 2.45) is 5.10 Å². The maximum absolute atomic E-state index is 11.9. The zero-order chi connectivity index (χ0) is 17.5. The molecule has 0 saturated heterocycles. The van der Waals surface area contributed by atoms with E-state index in [0.717, 1.165) is 17.0 Å². The molecule has 0 fully saturated rings. The Morgan fingerprint density at radius 2 is 1.68 bits per heavy atom. The molecule has 1 N–H and O–H groups in total. The first-order chi connectivity index (χ1) is 12.2. The van der Waals surface area contributed by atoms with Gasteiger partial charge in [-0.3, -0.25) is 4.79 Å². The maximum Gasteiger partial charge on any atom is 0.250 e. The Balaban J connectivity index is 1.48. The summed E-state index contributed by atoms with van der Waals surface area (Å²) in [5.74, 6) is 1.11. The minimum Gasteiger partial charge on any atom is -0.272 e. The van der Waals surface area contributed by atoms with E-state index < -0.39 is 0 Å². The number of carbonyl (C=O) groups excluding carboxylic acids is 1. The first-order valence-electron chi connectivity index (χ1n) is 8.16. The van der Waals surface area contributed by atoms with Crippen LogP contribution >= 0.6 is 11.8 Å². The number of hydrazone groups is 1. The van der Waals surface area contributed by atoms with E-state index in [-0.39, 0.29) is 5.91 Å². The molecule has 0 aliphatic heterocycles. The normalized spacial score (nSPS) is 11.5. The number of hydrogen-bond acceptors (Lipinski definition) is 3. The van der Waals surface area contributed by atoms with Crippen LogP contribution in [0.3, 0.4) is 0 Å². The summed E-state index contributed by atoms with van der Waals surface area (Å²) in [5.41, 5.74) is 5.65. The van der Waals surface area contributed by atoms with Crippen LogP contribution in [0.25, 0.3) is 10.8 Å². The molecular formula is C21H20N2OS. The fourth-order valence-corrected chi connectivity index (χ4v) is 3.28. The molecule has 3 aromatic rings. The Hall–Kier alpha value is -2.59. The third kappa shape index (κ3) is 4.94. The van der Waals surface area contributed by atoms with Crippen LogP contribution in [0.5, 0.6) is 0 Å². The molecule has 3 aromatic carbocycles. The quantitative estimate of drug-likeness (QED) is 0.522. The SMILES string of the molecule is C/C(=N/NC(=O)CSCc1ccc2ccccc2c1)c1ccccc1. The van der Waals surface area contributed by atoms with Gasteiger partial charge in [-0.15, -0.1) is 11.8 Å². The first-order valence-corrected chi connectivity index (χ1v) is 9.32. The number of nitrogens with zero attached hydrogens (tertiary/aromatic N) is 1. The summed E-state index contributed by atoms with van der Waals surface area (Å²) in [6.45, 7) is 1.89. The van der Waals surface area contributed by atoms with Crippen molar-refractivity contribution in [1.82, 2.24) is 5.43 Å². The largest absolute Gasteiger partial charge is 0.272 e. The monoisotopic (exact) mass is 348 g/mol. The highest BCUT2D eigenvalue weighted by atomic mass is 32.2. The zero-order valence-corrected chi connectivity index (χ0v) is 14.9. The van der Waals surface area contributed by atoms with Crippen molar-refractivity contribution in [1.29, 1.82) is 0 Å². The molecule has 0 spiro atoms. The molecule has 3 nitrogen and oxygen atoms in total. The molecule has 0 saturated carbocycles. The van der Waals surface area contributed by atoms with Crippen molar-refractivity contribution < 1.29 is 4.79 Å². The van der Waals surface area contributed by atoms with Gasteiger partial charge < -0.3 is 0 Å². The lowest BCUT2D eigenvalue weighted by Crippen LogP contribution is -2.21. The Bertz CT molecular complexity index is 891. The van der Waals surface area contributed by atoms with Crippen LogP contribution in [0.1, 0.15) is 18.1 Å². The van der Waals surface area contributed by atoms with E-state index in [0.29, 0.717) is 5.75 Å². The molecular weight excluding hydrogens is 328 g/mol. The molecule has 0 atom stereocenters. The van der Waals surface area contributed by atoms with Gasteiger partial charge in [-0.1, -0.05) is 72.8 Å². The van der Waals surface area contributed by atoms with Crippen LogP contribution in [-0.4, -0.2) is 17.4 Å². The van der Waals surface area contributed by atoms with Gasteiger partial charge in [0.05, 0.1) is 11.5 Å². The lowest BCUT2D eigenvalue weighted by Gasteiger charge is -2.05. The fourth-order valence-electron chi connectivity index (χ4n) is 2.51. The number of nitrogens with one attached hydrogen (secondary N) is 1. The Morgan fingerprint density at radius 1 is 0.960 bits per heavy atom. The van der Waals surface area contributed by atoms with Crippen molar-refractivity contribution in [2.75, 3.05) is 5.75 Å². The van der Waals surface area contributed by atoms with Gasteiger partial charge in [-0.05, 0) is 28.8 Å². The average Bonchev–Trinajstić information content (AvgIpc) is 2.66. The highest BCUT2D eigenvalue weighted by Crippen LogP contribution is 2.19. The molecule has 25 heavy (non-hydrogen) atoms. The minimum absolute atomic E-state index is 0.0823. The van der Waals surface area contributed by atoms with Gasteiger partial charge in [0.25, 0.3) is 0 Å². The lowest BCUT2D eigenvalue weighted by atomic mass is 10.1. The Kier molecular flexibility index (Phi) is 5.86. The summed E-state index contributed by atoms with van der Waals surface area (Å²) in [6.07, 6.45) is 0. The molecule has 126 valence electrons. The summed E-state index contributed by atoms with van der Waals surface area (Å²) in [7, 11) is 0. The van der Waals surface area contributed by atoms with Crippen LogP contribution in [-0.2, 0) is 10.5 Å². The van der Waals surface area contributed by atoms with Crippen molar-refractivity contribution in [3.8, 4) is 0 Å². The zero-order valence-electron chi connectivity index (χ0n) is 14.1. The summed E-state index contributed by atoms with van der Waals surface area (Å²) in [5, 5.41) is 6.63. The predicted octanol–water partition coefficient (Wildman–Crippen LogP) is 4.61. The van der Waals surface area contributed by atoms with E-state index in [2.05, 4.69) is 40.9 Å². The molecule has 3 rings (SSSR count). The predicted molar refractivity (Wildman–Crippen MR) is 107 cm³/mol. The number of thioether (sulfide) groups is 1. The number of hydrogen-bond donors (Lipinski definition) is 1. The second-order valence-corrected chi connectivity index (χ2v) is 6.76. The van der Waals surface area contributed by atoms with Gasteiger partial charge in [-0.25, -0.2) is 5.43 Å². The number of rotatable bonds is 6. The van der Waals surface area contributed by atoms with E-state index in [4.69, 9.17) is 0 Å². The molecule has 0 aliphatic carbocycles. The molecule has 0 aromatic heterocycles. The van der Waals surface area contributed by atoms with Gasteiger partial charge >= 0.3 is 0 Å². The Morgan fingerprint density at radius 3 is 2.48 bits per heavy atom. The molecule has 0 aliphatic rings. The van der Waals surface area contributed by atoms with E-state index in [1.54, 1.807) is 11.8 Å². The maximum atomic E-state index is 11.9. The molecule has 0 heterocycles. The summed E-state index contributed by atoms with van der Waals surface area (Å²) in [4.78, 5) is 11.9. The highest BCUT2D eigenvalue weighted by molar-refractivity contribution is 7.99. The Labute approximate surface area is 152 Å². The van der Waals surface area contributed by atoms with Gasteiger partial charge in [0.15, 0.2) is 0 Å². The minimum atomic E-state index is -0.0823. The van der Waals surface area contributed by atoms with Gasteiger partial charge in [0, 0.05) is 5.75 Å². The van der Waals surface area contributed by atoms with Gasteiger partial charge in [0.2, 0.25) is 5.91 Å². The standard InChI is InChI=1S/C21H20N2OS/c1-16(18-7-3-2-4-8-18)22-23-21(24)15-25-14-17-11-12-19-9-5-6-10-20(19)13-17/h2-13H,14-15H2,1H3,(H,23,24)/b22-16-. The third-order valence-corrected chi connectivity index (χ3v) is 4.86. The highest BCUT2D eigenvalue weighted by Gasteiger charge is 2.03. The van der Waals surface area contributed by atoms with Crippen LogP contribution in [0.4, 0.5) is 0 Å². The molecule has 0 unspecified atom stereocenters. The van der Waals surface area contributed by atoms with Crippen molar-refractivity contribution in [2.45, 2.75) is 12.7 Å². The van der Waals surface area contributed by atoms with E-state index >= 15 is 0 Å². The number of amides is 1. The van der Waals surface area contributed by atoms with Crippen LogP contribution in [0.15, 0.2) is 77.9 Å². The van der Waals surface area contributed by atoms with Crippen molar-refractivity contribution in [3.63, 3.8) is 0 Å². The van der Waals surface area contributed by atoms with Crippen molar-refractivity contribution in [3.05, 3.63) is 83.9 Å². The third-order valence-electron chi connectivity index (χ3n) is 3.86. The van der Waals surface area contributed by atoms with Gasteiger partial charge in [0.1, 0.15) is 0 Å². The molecule has 0 radical (unpaired) electrons. The molecule has 4 heteroatoms. The smallest absolute Gasteiger partial charge is 0.250 e. The van der Waals surface area contributed by atoms with Crippen molar-refractivity contribution >= 4 is 34.2 Å². The molecule has 1 amide bonds. The van der Waals surface area contributed by atoms with E-state index in [1.807, 2.05) is 49.4 Å². The number of fused-ring (bicyclic) bond motifs is 1. The van der Waals surface area contributed by atoms with E-state index in [1.165, 1.54) is 16.3 Å².